The van der Waals surface area contributed by atoms with Crippen molar-refractivity contribution in [3.05, 3.63) is 65.2 Å². The summed E-state index contributed by atoms with van der Waals surface area (Å²) in [6.07, 6.45) is 2.03. The minimum atomic E-state index is -0.411. The fourth-order valence-corrected chi connectivity index (χ4v) is 2.57. The lowest BCUT2D eigenvalue weighted by atomic mass is 10.1. The smallest absolute Gasteiger partial charge is 0.337 e. The van der Waals surface area contributed by atoms with E-state index in [2.05, 4.69) is 4.74 Å². The standard InChI is InChI=1S/C18H19NO3S/c1-19(12-13-4-10-16(23-3)11-5-13)17(20)14-6-8-15(9-7-14)18(21)22-2/h4-11H,12H2,1-3H3. The maximum Gasteiger partial charge on any atom is 0.337 e. The average molecular weight is 329 g/mol. The molecule has 0 aliphatic carbocycles. The summed E-state index contributed by atoms with van der Waals surface area (Å²) < 4.78 is 4.65. The number of amides is 1. The second-order valence-electron chi connectivity index (χ2n) is 5.08. The summed E-state index contributed by atoms with van der Waals surface area (Å²) in [6, 6.07) is 14.6. The van der Waals surface area contributed by atoms with Gasteiger partial charge in [0.05, 0.1) is 12.7 Å². The van der Waals surface area contributed by atoms with Crippen LogP contribution >= 0.6 is 11.8 Å². The highest BCUT2D eigenvalue weighted by Crippen LogP contribution is 2.16. The van der Waals surface area contributed by atoms with Gasteiger partial charge in [0.25, 0.3) is 5.91 Å². The third-order valence-electron chi connectivity index (χ3n) is 3.48. The van der Waals surface area contributed by atoms with Gasteiger partial charge in [-0.25, -0.2) is 4.79 Å². The minimum absolute atomic E-state index is 0.0876. The van der Waals surface area contributed by atoms with Crippen molar-refractivity contribution >= 4 is 23.6 Å². The molecule has 5 heteroatoms. The van der Waals surface area contributed by atoms with E-state index in [0.717, 1.165) is 5.56 Å². The van der Waals surface area contributed by atoms with E-state index in [1.54, 1.807) is 48.0 Å². The number of carbonyl (C=O) groups excluding carboxylic acids is 2. The van der Waals surface area contributed by atoms with Crippen molar-refractivity contribution in [2.45, 2.75) is 11.4 Å². The maximum atomic E-state index is 12.4. The molecule has 0 radical (unpaired) electrons. The first-order valence-electron chi connectivity index (χ1n) is 7.12. The van der Waals surface area contributed by atoms with Gasteiger partial charge in [0.2, 0.25) is 0 Å². The number of benzene rings is 2. The molecule has 0 spiro atoms. The molecule has 120 valence electrons. The van der Waals surface area contributed by atoms with E-state index in [0.29, 0.717) is 17.7 Å². The number of nitrogens with zero attached hydrogens (tertiary/aromatic N) is 1. The van der Waals surface area contributed by atoms with Crippen molar-refractivity contribution in [3.63, 3.8) is 0 Å². The third kappa shape index (κ3) is 4.36. The highest BCUT2D eigenvalue weighted by molar-refractivity contribution is 7.98. The first kappa shape index (κ1) is 17.1. The van der Waals surface area contributed by atoms with Crippen LogP contribution in [-0.4, -0.2) is 37.2 Å². The summed E-state index contributed by atoms with van der Waals surface area (Å²) in [5.41, 5.74) is 2.05. The molecule has 0 heterocycles. The zero-order valence-electron chi connectivity index (χ0n) is 13.4. The molecule has 0 saturated heterocycles. The van der Waals surface area contributed by atoms with Crippen molar-refractivity contribution in [3.8, 4) is 0 Å². The van der Waals surface area contributed by atoms with Gasteiger partial charge < -0.3 is 9.64 Å². The quantitative estimate of drug-likeness (QED) is 0.622. The molecule has 0 saturated carbocycles. The van der Waals surface area contributed by atoms with Crippen molar-refractivity contribution < 1.29 is 14.3 Å². The molecule has 0 fully saturated rings. The Bertz CT molecular complexity index is 680. The Labute approximate surface area is 140 Å². The van der Waals surface area contributed by atoms with Crippen LogP contribution in [0.15, 0.2) is 53.4 Å². The van der Waals surface area contributed by atoms with Gasteiger partial charge in [-0.05, 0) is 48.2 Å². The van der Waals surface area contributed by atoms with Crippen LogP contribution in [0.3, 0.4) is 0 Å². The highest BCUT2D eigenvalue weighted by Gasteiger charge is 2.13. The Morgan fingerprint density at radius 1 is 1.00 bits per heavy atom. The Morgan fingerprint density at radius 3 is 2.09 bits per heavy atom. The molecule has 0 bridgehead atoms. The molecule has 1 amide bonds. The van der Waals surface area contributed by atoms with Crippen molar-refractivity contribution in [2.24, 2.45) is 0 Å². The number of carbonyl (C=O) groups is 2. The zero-order valence-corrected chi connectivity index (χ0v) is 14.2. The lowest BCUT2D eigenvalue weighted by Crippen LogP contribution is -2.26. The minimum Gasteiger partial charge on any atom is -0.465 e. The first-order chi connectivity index (χ1) is 11.0. The summed E-state index contributed by atoms with van der Waals surface area (Å²) in [7, 11) is 3.09. The Kier molecular flexibility index (Phi) is 5.82. The third-order valence-corrected chi connectivity index (χ3v) is 4.22. The van der Waals surface area contributed by atoms with Gasteiger partial charge in [-0.3, -0.25) is 4.79 Å². The molecule has 2 aromatic rings. The summed E-state index contributed by atoms with van der Waals surface area (Å²) in [5.74, 6) is -0.499. The van der Waals surface area contributed by atoms with E-state index < -0.39 is 5.97 Å². The number of thioether (sulfide) groups is 1. The number of esters is 1. The predicted molar refractivity (Wildman–Crippen MR) is 91.8 cm³/mol. The Morgan fingerprint density at radius 2 is 1.57 bits per heavy atom. The van der Waals surface area contributed by atoms with E-state index in [1.165, 1.54) is 12.0 Å². The van der Waals surface area contributed by atoms with E-state index in [1.807, 2.05) is 30.5 Å². The fraction of sp³-hybridized carbons (Fsp3) is 0.222. The molecule has 23 heavy (non-hydrogen) atoms. The molecule has 0 aromatic heterocycles. The molecule has 0 N–H and O–H groups in total. The molecular weight excluding hydrogens is 310 g/mol. The van der Waals surface area contributed by atoms with E-state index >= 15 is 0 Å². The van der Waals surface area contributed by atoms with E-state index in [4.69, 9.17) is 0 Å². The van der Waals surface area contributed by atoms with Gasteiger partial charge in [0.1, 0.15) is 0 Å². The predicted octanol–water partition coefficient (Wildman–Crippen LogP) is 3.47. The summed E-state index contributed by atoms with van der Waals surface area (Å²) in [4.78, 5) is 26.7. The molecule has 0 aliphatic rings. The highest BCUT2D eigenvalue weighted by atomic mass is 32.2. The maximum absolute atomic E-state index is 12.4. The second kappa shape index (κ2) is 7.83. The van der Waals surface area contributed by atoms with Gasteiger partial charge in [-0.15, -0.1) is 11.8 Å². The Hall–Kier alpha value is -2.27. The number of ether oxygens (including phenoxy) is 1. The van der Waals surface area contributed by atoms with Crippen LogP contribution in [0.1, 0.15) is 26.3 Å². The number of rotatable bonds is 5. The monoisotopic (exact) mass is 329 g/mol. The molecule has 2 aromatic carbocycles. The number of hydrogen-bond acceptors (Lipinski definition) is 4. The van der Waals surface area contributed by atoms with Gasteiger partial charge in [-0.1, -0.05) is 12.1 Å². The lowest BCUT2D eigenvalue weighted by molar-refractivity contribution is 0.0600. The van der Waals surface area contributed by atoms with Crippen molar-refractivity contribution in [1.29, 1.82) is 0 Å². The molecule has 0 aliphatic heterocycles. The average Bonchev–Trinajstić information content (AvgIpc) is 2.61. The molecule has 2 rings (SSSR count). The molecular formula is C18H19NO3S. The van der Waals surface area contributed by atoms with Crippen molar-refractivity contribution in [2.75, 3.05) is 20.4 Å². The zero-order chi connectivity index (χ0) is 16.8. The van der Waals surface area contributed by atoms with E-state index in [9.17, 15) is 9.59 Å². The second-order valence-corrected chi connectivity index (χ2v) is 5.96. The molecule has 0 unspecified atom stereocenters. The van der Waals surface area contributed by atoms with E-state index in [-0.39, 0.29) is 5.91 Å². The topological polar surface area (TPSA) is 46.6 Å². The van der Waals surface area contributed by atoms with Gasteiger partial charge in [-0.2, -0.15) is 0 Å². The summed E-state index contributed by atoms with van der Waals surface area (Å²) in [5, 5.41) is 0. The SMILES string of the molecule is COC(=O)c1ccc(C(=O)N(C)Cc2ccc(SC)cc2)cc1. The van der Waals surface area contributed by atoms with Crippen LogP contribution < -0.4 is 0 Å². The van der Waals surface area contributed by atoms with Crippen LogP contribution in [0, 0.1) is 0 Å². The van der Waals surface area contributed by atoms with Crippen LogP contribution in [0.5, 0.6) is 0 Å². The summed E-state index contributed by atoms with van der Waals surface area (Å²) >= 11 is 1.69. The van der Waals surface area contributed by atoms with Crippen LogP contribution in [0.4, 0.5) is 0 Å². The number of hydrogen-bond donors (Lipinski definition) is 0. The van der Waals surface area contributed by atoms with Crippen LogP contribution in [0.2, 0.25) is 0 Å². The number of methoxy groups -OCH3 is 1. The van der Waals surface area contributed by atoms with Gasteiger partial charge >= 0.3 is 5.97 Å². The first-order valence-corrected chi connectivity index (χ1v) is 8.34. The summed E-state index contributed by atoms with van der Waals surface area (Å²) in [6.45, 7) is 0.534. The van der Waals surface area contributed by atoms with Crippen LogP contribution in [-0.2, 0) is 11.3 Å². The molecule has 4 nitrogen and oxygen atoms in total. The lowest BCUT2D eigenvalue weighted by Gasteiger charge is -2.17. The van der Waals surface area contributed by atoms with Gasteiger partial charge in [0, 0.05) is 24.1 Å². The molecule has 0 atom stereocenters. The largest absolute Gasteiger partial charge is 0.465 e. The van der Waals surface area contributed by atoms with Gasteiger partial charge in [0.15, 0.2) is 0 Å². The van der Waals surface area contributed by atoms with Crippen LogP contribution in [0.25, 0.3) is 0 Å². The Balaban J connectivity index is 2.05. The normalized spacial score (nSPS) is 10.2. The van der Waals surface area contributed by atoms with Crippen molar-refractivity contribution in [1.82, 2.24) is 4.90 Å². The fourth-order valence-electron chi connectivity index (χ4n) is 2.16.